The number of carbonyl (C=O) groups excluding carboxylic acids is 1. The van der Waals surface area contributed by atoms with Gasteiger partial charge in [0.1, 0.15) is 6.61 Å². The lowest BCUT2D eigenvalue weighted by Gasteiger charge is -2.09. The summed E-state index contributed by atoms with van der Waals surface area (Å²) >= 11 is 0. The fraction of sp³-hybridized carbons (Fsp3) is 0.500. The van der Waals surface area contributed by atoms with Gasteiger partial charge in [0.05, 0.1) is 0 Å². The summed E-state index contributed by atoms with van der Waals surface area (Å²) in [6.45, 7) is 4.61. The Morgan fingerprint density at radius 3 is 2.45 bits per heavy atom. The SMILES string of the molecule is CCCCC/C(=C\c1ccccc1)COC(=O)CCC. The van der Waals surface area contributed by atoms with Gasteiger partial charge in [0.15, 0.2) is 0 Å². The van der Waals surface area contributed by atoms with Crippen LogP contribution in [-0.2, 0) is 9.53 Å². The topological polar surface area (TPSA) is 26.3 Å². The Morgan fingerprint density at radius 1 is 1.05 bits per heavy atom. The van der Waals surface area contributed by atoms with Crippen LogP contribution >= 0.6 is 0 Å². The summed E-state index contributed by atoms with van der Waals surface area (Å²) in [4.78, 5) is 11.5. The molecule has 2 nitrogen and oxygen atoms in total. The fourth-order valence-corrected chi connectivity index (χ4v) is 2.02. The minimum Gasteiger partial charge on any atom is -0.461 e. The summed E-state index contributed by atoms with van der Waals surface area (Å²) in [5.41, 5.74) is 2.37. The van der Waals surface area contributed by atoms with E-state index in [1.165, 1.54) is 24.0 Å². The van der Waals surface area contributed by atoms with E-state index < -0.39 is 0 Å². The third-order valence-electron chi connectivity index (χ3n) is 3.14. The van der Waals surface area contributed by atoms with Crippen LogP contribution in [0.3, 0.4) is 0 Å². The maximum absolute atomic E-state index is 11.5. The Bertz CT molecular complexity index is 407. The van der Waals surface area contributed by atoms with Gasteiger partial charge in [0.25, 0.3) is 0 Å². The molecular weight excluding hydrogens is 248 g/mol. The zero-order valence-corrected chi connectivity index (χ0v) is 12.7. The molecule has 20 heavy (non-hydrogen) atoms. The van der Waals surface area contributed by atoms with Crippen LogP contribution in [0, 0.1) is 0 Å². The van der Waals surface area contributed by atoms with Crippen molar-refractivity contribution in [2.45, 2.75) is 52.4 Å². The Morgan fingerprint density at radius 2 is 1.80 bits per heavy atom. The Labute approximate surface area is 122 Å². The molecule has 0 aliphatic rings. The van der Waals surface area contributed by atoms with Gasteiger partial charge in [0.2, 0.25) is 0 Å². The van der Waals surface area contributed by atoms with Crippen LogP contribution in [-0.4, -0.2) is 12.6 Å². The first kappa shape index (κ1) is 16.5. The number of benzene rings is 1. The molecule has 0 aliphatic carbocycles. The summed E-state index contributed by atoms with van der Waals surface area (Å²) in [6, 6.07) is 10.2. The molecule has 1 aromatic carbocycles. The van der Waals surface area contributed by atoms with Crippen molar-refractivity contribution < 1.29 is 9.53 Å². The fourth-order valence-electron chi connectivity index (χ4n) is 2.02. The van der Waals surface area contributed by atoms with E-state index in [1.54, 1.807) is 0 Å². The second-order valence-electron chi connectivity index (χ2n) is 5.08. The van der Waals surface area contributed by atoms with Gasteiger partial charge in [-0.2, -0.15) is 0 Å². The van der Waals surface area contributed by atoms with E-state index in [0.717, 1.165) is 19.3 Å². The molecule has 1 rings (SSSR count). The molecule has 110 valence electrons. The molecule has 0 bridgehead atoms. The molecule has 0 radical (unpaired) electrons. The maximum atomic E-state index is 11.5. The normalized spacial score (nSPS) is 11.4. The minimum atomic E-state index is -0.0954. The average molecular weight is 274 g/mol. The summed E-state index contributed by atoms with van der Waals surface area (Å²) in [6.07, 6.45) is 8.07. The highest BCUT2D eigenvalue weighted by molar-refractivity contribution is 5.69. The van der Waals surface area contributed by atoms with Gasteiger partial charge < -0.3 is 4.74 Å². The van der Waals surface area contributed by atoms with Crippen LogP contribution in [0.15, 0.2) is 35.9 Å². The lowest BCUT2D eigenvalue weighted by Crippen LogP contribution is -2.07. The first-order valence-corrected chi connectivity index (χ1v) is 7.66. The molecule has 0 aromatic heterocycles. The van der Waals surface area contributed by atoms with Gasteiger partial charge in [-0.15, -0.1) is 0 Å². The van der Waals surface area contributed by atoms with Gasteiger partial charge >= 0.3 is 5.97 Å². The highest BCUT2D eigenvalue weighted by atomic mass is 16.5. The van der Waals surface area contributed by atoms with E-state index in [2.05, 4.69) is 25.1 Å². The molecule has 0 N–H and O–H groups in total. The maximum Gasteiger partial charge on any atom is 0.306 e. The second kappa shape index (κ2) is 10.2. The van der Waals surface area contributed by atoms with E-state index in [9.17, 15) is 4.79 Å². The van der Waals surface area contributed by atoms with E-state index in [-0.39, 0.29) is 5.97 Å². The summed E-state index contributed by atoms with van der Waals surface area (Å²) in [5.74, 6) is -0.0954. The van der Waals surface area contributed by atoms with Gasteiger partial charge in [0, 0.05) is 6.42 Å². The smallest absolute Gasteiger partial charge is 0.306 e. The molecule has 0 fully saturated rings. The van der Waals surface area contributed by atoms with Gasteiger partial charge in [-0.3, -0.25) is 4.79 Å². The van der Waals surface area contributed by atoms with Gasteiger partial charge in [-0.05, 0) is 30.4 Å². The largest absolute Gasteiger partial charge is 0.461 e. The molecule has 2 heteroatoms. The third kappa shape index (κ3) is 7.13. The van der Waals surface area contributed by atoms with Crippen LogP contribution < -0.4 is 0 Å². The quantitative estimate of drug-likeness (QED) is 0.468. The summed E-state index contributed by atoms with van der Waals surface area (Å²) < 4.78 is 5.34. The van der Waals surface area contributed by atoms with E-state index >= 15 is 0 Å². The number of rotatable bonds is 9. The van der Waals surface area contributed by atoms with Crippen LogP contribution in [0.1, 0.15) is 57.9 Å². The number of carbonyl (C=O) groups is 1. The molecule has 0 heterocycles. The van der Waals surface area contributed by atoms with Crippen molar-refractivity contribution in [3.05, 3.63) is 41.5 Å². The van der Waals surface area contributed by atoms with Gasteiger partial charge in [-0.1, -0.05) is 63.1 Å². The highest BCUT2D eigenvalue weighted by Crippen LogP contribution is 2.14. The zero-order chi connectivity index (χ0) is 14.6. The van der Waals surface area contributed by atoms with Crippen molar-refractivity contribution in [1.82, 2.24) is 0 Å². The van der Waals surface area contributed by atoms with Crippen LogP contribution in [0.4, 0.5) is 0 Å². The van der Waals surface area contributed by atoms with Crippen molar-refractivity contribution in [3.8, 4) is 0 Å². The van der Waals surface area contributed by atoms with Crippen LogP contribution in [0.25, 0.3) is 6.08 Å². The Kier molecular flexibility index (Phi) is 8.44. The molecular formula is C18H26O2. The van der Waals surface area contributed by atoms with Crippen molar-refractivity contribution in [1.29, 1.82) is 0 Å². The van der Waals surface area contributed by atoms with Crippen LogP contribution in [0.5, 0.6) is 0 Å². The lowest BCUT2D eigenvalue weighted by atomic mass is 10.0. The predicted octanol–water partition coefficient (Wildman–Crippen LogP) is 4.99. The zero-order valence-electron chi connectivity index (χ0n) is 12.7. The number of ether oxygens (including phenoxy) is 1. The molecule has 1 aromatic rings. The van der Waals surface area contributed by atoms with Crippen LogP contribution in [0.2, 0.25) is 0 Å². The molecule has 0 atom stereocenters. The number of hydrogen-bond donors (Lipinski definition) is 0. The molecule has 0 saturated heterocycles. The molecule has 0 aliphatic heterocycles. The Hall–Kier alpha value is -1.57. The van der Waals surface area contributed by atoms with Crippen molar-refractivity contribution >= 4 is 12.0 Å². The first-order chi connectivity index (χ1) is 9.76. The monoisotopic (exact) mass is 274 g/mol. The van der Waals surface area contributed by atoms with Crippen molar-refractivity contribution in [2.75, 3.05) is 6.61 Å². The highest BCUT2D eigenvalue weighted by Gasteiger charge is 2.04. The average Bonchev–Trinajstić information content (AvgIpc) is 2.46. The summed E-state index contributed by atoms with van der Waals surface area (Å²) in [5, 5.41) is 0. The number of hydrogen-bond acceptors (Lipinski definition) is 2. The number of esters is 1. The number of unbranched alkanes of at least 4 members (excludes halogenated alkanes) is 2. The molecule has 0 saturated carbocycles. The van der Waals surface area contributed by atoms with Crippen molar-refractivity contribution in [3.63, 3.8) is 0 Å². The molecule has 0 amide bonds. The second-order valence-corrected chi connectivity index (χ2v) is 5.08. The third-order valence-corrected chi connectivity index (χ3v) is 3.14. The minimum absolute atomic E-state index is 0.0954. The Balaban J connectivity index is 2.60. The van der Waals surface area contributed by atoms with Crippen molar-refractivity contribution in [2.24, 2.45) is 0 Å². The lowest BCUT2D eigenvalue weighted by molar-refractivity contribution is -0.142. The molecule has 0 unspecified atom stereocenters. The van der Waals surface area contributed by atoms with E-state index in [1.807, 2.05) is 25.1 Å². The summed E-state index contributed by atoms with van der Waals surface area (Å²) in [7, 11) is 0. The standard InChI is InChI=1S/C18H26O2/c1-3-5-7-13-17(15-20-18(19)10-4-2)14-16-11-8-6-9-12-16/h6,8-9,11-12,14H,3-5,7,10,13,15H2,1-2H3/b17-14+. The molecule has 0 spiro atoms. The van der Waals surface area contributed by atoms with E-state index in [4.69, 9.17) is 4.74 Å². The van der Waals surface area contributed by atoms with E-state index in [0.29, 0.717) is 13.0 Å². The predicted molar refractivity (Wildman–Crippen MR) is 84.4 cm³/mol. The van der Waals surface area contributed by atoms with Gasteiger partial charge in [-0.25, -0.2) is 0 Å². The first-order valence-electron chi connectivity index (χ1n) is 7.66.